The van der Waals surface area contributed by atoms with Gasteiger partial charge in [-0.25, -0.2) is 0 Å². The SMILES string of the molecule is N#Cc1cc(N)c([N+](=O)[O-])cc1C(=O)CBr. The Morgan fingerprint density at radius 1 is 1.62 bits per heavy atom. The fraction of sp³-hybridized carbons (Fsp3) is 0.111. The first kappa shape index (κ1) is 12.1. The van der Waals surface area contributed by atoms with Crippen molar-refractivity contribution in [1.29, 1.82) is 5.26 Å². The Kier molecular flexibility index (Phi) is 3.58. The van der Waals surface area contributed by atoms with Crippen molar-refractivity contribution in [3.8, 4) is 6.07 Å². The van der Waals surface area contributed by atoms with E-state index < -0.39 is 10.7 Å². The summed E-state index contributed by atoms with van der Waals surface area (Å²) in [6, 6.07) is 3.93. The number of hydrogen-bond acceptors (Lipinski definition) is 5. The molecule has 82 valence electrons. The second kappa shape index (κ2) is 4.72. The fourth-order valence-corrected chi connectivity index (χ4v) is 1.46. The molecule has 0 unspecified atom stereocenters. The summed E-state index contributed by atoms with van der Waals surface area (Å²) in [7, 11) is 0. The summed E-state index contributed by atoms with van der Waals surface area (Å²) >= 11 is 2.93. The van der Waals surface area contributed by atoms with Crippen LogP contribution < -0.4 is 5.73 Å². The van der Waals surface area contributed by atoms with Crippen molar-refractivity contribution in [2.75, 3.05) is 11.1 Å². The molecular weight excluding hydrogens is 278 g/mol. The molecule has 0 bridgehead atoms. The number of rotatable bonds is 3. The number of ketones is 1. The van der Waals surface area contributed by atoms with Crippen molar-refractivity contribution in [2.45, 2.75) is 0 Å². The molecule has 0 heterocycles. The highest BCUT2D eigenvalue weighted by Crippen LogP contribution is 2.26. The molecule has 0 amide bonds. The monoisotopic (exact) mass is 283 g/mol. The molecule has 0 aliphatic rings. The number of nitrogen functional groups attached to an aromatic ring is 1. The lowest BCUT2D eigenvalue weighted by Crippen LogP contribution is -2.06. The van der Waals surface area contributed by atoms with Crippen molar-refractivity contribution in [3.05, 3.63) is 33.4 Å². The summed E-state index contributed by atoms with van der Waals surface area (Å²) in [5.41, 5.74) is 4.92. The molecule has 0 saturated heterocycles. The third-order valence-corrected chi connectivity index (χ3v) is 2.42. The number of hydrogen-bond donors (Lipinski definition) is 1. The van der Waals surface area contributed by atoms with Gasteiger partial charge in [0.2, 0.25) is 0 Å². The summed E-state index contributed by atoms with van der Waals surface area (Å²) < 4.78 is 0. The maximum atomic E-state index is 11.4. The highest BCUT2D eigenvalue weighted by molar-refractivity contribution is 9.09. The summed E-state index contributed by atoms with van der Waals surface area (Å²) in [6.07, 6.45) is 0. The first-order chi connectivity index (χ1) is 7.51. The molecule has 1 aromatic carbocycles. The average Bonchev–Trinajstić information content (AvgIpc) is 2.27. The van der Waals surface area contributed by atoms with Crippen molar-refractivity contribution >= 4 is 33.1 Å². The topological polar surface area (TPSA) is 110 Å². The first-order valence-electron chi connectivity index (χ1n) is 4.08. The fourth-order valence-electron chi connectivity index (χ4n) is 1.16. The third-order valence-electron chi connectivity index (χ3n) is 1.91. The van der Waals surface area contributed by atoms with Gasteiger partial charge in [-0.05, 0) is 6.07 Å². The molecular formula is C9H6BrN3O3. The number of carbonyl (C=O) groups excluding carboxylic acids is 1. The van der Waals surface area contributed by atoms with E-state index in [1.165, 1.54) is 0 Å². The number of benzene rings is 1. The van der Waals surface area contributed by atoms with Crippen LogP contribution in [0.4, 0.5) is 11.4 Å². The average molecular weight is 284 g/mol. The molecule has 0 fully saturated rings. The molecule has 0 aromatic heterocycles. The molecule has 0 radical (unpaired) electrons. The molecule has 0 spiro atoms. The Bertz CT molecular complexity index is 507. The van der Waals surface area contributed by atoms with Crippen LogP contribution in [-0.2, 0) is 0 Å². The predicted molar refractivity (Wildman–Crippen MR) is 60.3 cm³/mol. The van der Waals surface area contributed by atoms with Crippen LogP contribution >= 0.6 is 15.9 Å². The smallest absolute Gasteiger partial charge is 0.292 e. The van der Waals surface area contributed by atoms with Gasteiger partial charge in [0.15, 0.2) is 5.78 Å². The zero-order chi connectivity index (χ0) is 12.3. The second-order valence-corrected chi connectivity index (χ2v) is 3.44. The minimum absolute atomic E-state index is 0.000255. The minimum atomic E-state index is -0.693. The van der Waals surface area contributed by atoms with Crippen LogP contribution in [0.2, 0.25) is 0 Å². The number of carbonyl (C=O) groups is 1. The summed E-state index contributed by atoms with van der Waals surface area (Å²) in [5.74, 6) is -0.403. The number of alkyl halides is 1. The molecule has 1 rings (SSSR count). The molecule has 0 aliphatic heterocycles. The van der Waals surface area contributed by atoms with Gasteiger partial charge in [-0.2, -0.15) is 5.26 Å². The molecule has 7 heteroatoms. The number of nitrogens with zero attached hydrogens (tertiary/aromatic N) is 2. The standard InChI is InChI=1S/C9H6BrN3O3/c10-3-9(14)6-2-8(13(15)16)7(12)1-5(6)4-11/h1-2H,3,12H2. The van der Waals surface area contributed by atoms with Gasteiger partial charge in [0.1, 0.15) is 5.69 Å². The van der Waals surface area contributed by atoms with Crippen LogP contribution in [0.1, 0.15) is 15.9 Å². The number of nitriles is 1. The van der Waals surface area contributed by atoms with E-state index in [4.69, 9.17) is 11.0 Å². The lowest BCUT2D eigenvalue weighted by molar-refractivity contribution is -0.383. The normalized spacial score (nSPS) is 9.50. The van der Waals surface area contributed by atoms with E-state index in [1.54, 1.807) is 6.07 Å². The molecule has 6 nitrogen and oxygen atoms in total. The van der Waals surface area contributed by atoms with Gasteiger partial charge in [0.05, 0.1) is 21.9 Å². The van der Waals surface area contributed by atoms with E-state index in [-0.39, 0.29) is 27.8 Å². The van der Waals surface area contributed by atoms with Crippen molar-refractivity contribution < 1.29 is 9.72 Å². The van der Waals surface area contributed by atoms with E-state index in [2.05, 4.69) is 15.9 Å². The summed E-state index contributed by atoms with van der Waals surface area (Å²) in [4.78, 5) is 21.3. The lowest BCUT2D eigenvalue weighted by Gasteiger charge is -2.03. The number of halogens is 1. The van der Waals surface area contributed by atoms with E-state index >= 15 is 0 Å². The Morgan fingerprint density at radius 2 is 2.25 bits per heavy atom. The lowest BCUT2D eigenvalue weighted by atomic mass is 10.0. The zero-order valence-electron chi connectivity index (χ0n) is 7.94. The Labute approximate surface area is 98.9 Å². The Morgan fingerprint density at radius 3 is 2.69 bits per heavy atom. The molecule has 0 aliphatic carbocycles. The highest BCUT2D eigenvalue weighted by Gasteiger charge is 2.19. The van der Waals surface area contributed by atoms with Gasteiger partial charge in [-0.15, -0.1) is 0 Å². The van der Waals surface area contributed by atoms with Gasteiger partial charge >= 0.3 is 0 Å². The quantitative estimate of drug-likeness (QED) is 0.298. The summed E-state index contributed by atoms with van der Waals surface area (Å²) in [5, 5.41) is 19.4. The Hall–Kier alpha value is -1.94. The van der Waals surface area contributed by atoms with Crippen LogP contribution in [-0.4, -0.2) is 16.0 Å². The van der Waals surface area contributed by atoms with Gasteiger partial charge in [0.25, 0.3) is 5.69 Å². The highest BCUT2D eigenvalue weighted by atomic mass is 79.9. The van der Waals surface area contributed by atoms with Gasteiger partial charge in [-0.3, -0.25) is 14.9 Å². The van der Waals surface area contributed by atoms with E-state index in [9.17, 15) is 14.9 Å². The second-order valence-electron chi connectivity index (χ2n) is 2.88. The van der Waals surface area contributed by atoms with Crippen LogP contribution in [0.5, 0.6) is 0 Å². The van der Waals surface area contributed by atoms with E-state index in [0.29, 0.717) is 0 Å². The minimum Gasteiger partial charge on any atom is -0.393 e. The number of nitrogens with two attached hydrogens (primary N) is 1. The number of nitro benzene ring substituents is 1. The van der Waals surface area contributed by atoms with E-state index in [1.807, 2.05) is 0 Å². The first-order valence-corrected chi connectivity index (χ1v) is 5.20. The number of Topliss-reactive ketones (excluding diaryl/α,β-unsaturated/α-hetero) is 1. The molecule has 0 saturated carbocycles. The maximum absolute atomic E-state index is 11.4. The third kappa shape index (κ3) is 2.17. The van der Waals surface area contributed by atoms with Crippen LogP contribution in [0.3, 0.4) is 0 Å². The molecule has 16 heavy (non-hydrogen) atoms. The van der Waals surface area contributed by atoms with Crippen molar-refractivity contribution in [2.24, 2.45) is 0 Å². The molecule has 0 atom stereocenters. The van der Waals surface area contributed by atoms with E-state index in [0.717, 1.165) is 12.1 Å². The summed E-state index contributed by atoms with van der Waals surface area (Å²) in [6.45, 7) is 0. The zero-order valence-corrected chi connectivity index (χ0v) is 9.52. The van der Waals surface area contributed by atoms with Gasteiger partial charge in [0, 0.05) is 11.6 Å². The number of nitro groups is 1. The van der Waals surface area contributed by atoms with Crippen molar-refractivity contribution in [3.63, 3.8) is 0 Å². The van der Waals surface area contributed by atoms with Crippen molar-refractivity contribution in [1.82, 2.24) is 0 Å². The van der Waals surface area contributed by atoms with Crippen LogP contribution in [0, 0.1) is 21.4 Å². The Balaban J connectivity index is 3.48. The predicted octanol–water partition coefficient (Wildman–Crippen LogP) is 1.63. The maximum Gasteiger partial charge on any atom is 0.292 e. The largest absolute Gasteiger partial charge is 0.393 e. The van der Waals surface area contributed by atoms with Crippen LogP contribution in [0.15, 0.2) is 12.1 Å². The van der Waals surface area contributed by atoms with Gasteiger partial charge < -0.3 is 5.73 Å². The van der Waals surface area contributed by atoms with Gasteiger partial charge in [-0.1, -0.05) is 15.9 Å². The molecule has 2 N–H and O–H groups in total. The number of anilines is 1. The van der Waals surface area contributed by atoms with Crippen LogP contribution in [0.25, 0.3) is 0 Å². The molecule has 1 aromatic rings.